The average molecular weight is 264 g/mol. The molecule has 1 N–H and O–H groups in total. The molecule has 0 radical (unpaired) electrons. The van der Waals surface area contributed by atoms with Crippen LogP contribution in [0.4, 0.5) is 10.1 Å². The maximum Gasteiger partial charge on any atom is 0.226 e. The Morgan fingerprint density at radius 1 is 1.32 bits per heavy atom. The lowest BCUT2D eigenvalue weighted by atomic mass is 9.97. The lowest BCUT2D eigenvalue weighted by Crippen LogP contribution is -2.39. The van der Waals surface area contributed by atoms with Crippen molar-refractivity contribution in [1.82, 2.24) is 5.32 Å². The summed E-state index contributed by atoms with van der Waals surface area (Å²) >= 11 is 0. The quantitative estimate of drug-likeness (QED) is 0.906. The minimum absolute atomic E-state index is 0.102. The van der Waals surface area contributed by atoms with Crippen LogP contribution in [0.5, 0.6) is 0 Å². The van der Waals surface area contributed by atoms with Crippen molar-refractivity contribution in [3.05, 3.63) is 30.1 Å². The van der Waals surface area contributed by atoms with Crippen LogP contribution >= 0.6 is 0 Å². The summed E-state index contributed by atoms with van der Waals surface area (Å²) in [5, 5.41) is 3.33. The Morgan fingerprint density at radius 3 is 2.53 bits per heavy atom. The van der Waals surface area contributed by atoms with Gasteiger partial charge in [0.2, 0.25) is 5.91 Å². The fraction of sp³-hybridized carbons (Fsp3) is 0.533. The first-order chi connectivity index (χ1) is 9.20. The van der Waals surface area contributed by atoms with Crippen LogP contribution in [0, 0.1) is 11.7 Å². The number of halogens is 1. The van der Waals surface area contributed by atoms with E-state index in [1.165, 1.54) is 12.1 Å². The molecule has 1 aromatic carbocycles. The molecule has 19 heavy (non-hydrogen) atoms. The van der Waals surface area contributed by atoms with Gasteiger partial charge < -0.3 is 10.2 Å². The lowest BCUT2D eigenvalue weighted by molar-refractivity contribution is -0.118. The number of hydrogen-bond acceptors (Lipinski definition) is 2. The van der Waals surface area contributed by atoms with Crippen LogP contribution in [-0.2, 0) is 4.79 Å². The molecule has 2 rings (SSSR count). The van der Waals surface area contributed by atoms with E-state index in [1.807, 2.05) is 6.92 Å². The Labute approximate surface area is 113 Å². The summed E-state index contributed by atoms with van der Waals surface area (Å²) in [5.74, 6) is 0.362. The van der Waals surface area contributed by atoms with Crippen molar-refractivity contribution in [2.24, 2.45) is 5.92 Å². The van der Waals surface area contributed by atoms with Crippen molar-refractivity contribution in [1.29, 1.82) is 0 Å². The molecule has 1 heterocycles. The number of carbonyl (C=O) groups is 1. The highest BCUT2D eigenvalue weighted by Crippen LogP contribution is 2.21. The summed E-state index contributed by atoms with van der Waals surface area (Å²) in [6, 6.07) is 6.19. The fourth-order valence-electron chi connectivity index (χ4n) is 2.49. The highest BCUT2D eigenvalue weighted by molar-refractivity contribution is 5.93. The van der Waals surface area contributed by atoms with Gasteiger partial charge in [0.15, 0.2) is 0 Å². The largest absolute Gasteiger partial charge is 0.317 e. The molecule has 0 unspecified atom stereocenters. The van der Waals surface area contributed by atoms with Gasteiger partial charge in [-0.05, 0) is 56.1 Å². The van der Waals surface area contributed by atoms with E-state index in [2.05, 4.69) is 5.32 Å². The van der Waals surface area contributed by atoms with Crippen molar-refractivity contribution in [3.8, 4) is 0 Å². The fourth-order valence-corrected chi connectivity index (χ4v) is 2.49. The number of nitrogens with one attached hydrogen (secondary N) is 1. The monoisotopic (exact) mass is 264 g/mol. The van der Waals surface area contributed by atoms with Crippen LogP contribution in [-0.4, -0.2) is 25.5 Å². The molecule has 0 spiro atoms. The van der Waals surface area contributed by atoms with E-state index in [4.69, 9.17) is 0 Å². The van der Waals surface area contributed by atoms with Crippen LogP contribution in [0.3, 0.4) is 0 Å². The van der Waals surface area contributed by atoms with Crippen molar-refractivity contribution >= 4 is 11.6 Å². The minimum atomic E-state index is -0.269. The van der Waals surface area contributed by atoms with Gasteiger partial charge in [0.25, 0.3) is 0 Å². The minimum Gasteiger partial charge on any atom is -0.317 e. The predicted molar refractivity (Wildman–Crippen MR) is 74.6 cm³/mol. The van der Waals surface area contributed by atoms with Gasteiger partial charge in [-0.2, -0.15) is 0 Å². The molecule has 0 bridgehead atoms. The number of nitrogens with zero attached hydrogens (tertiary/aromatic N) is 1. The number of hydrogen-bond donors (Lipinski definition) is 1. The second-order valence-corrected chi connectivity index (χ2v) is 5.03. The van der Waals surface area contributed by atoms with E-state index in [-0.39, 0.29) is 11.7 Å². The molecular weight excluding hydrogens is 243 g/mol. The number of carbonyl (C=O) groups excluding carboxylic acids is 1. The number of piperidine rings is 1. The first-order valence-electron chi connectivity index (χ1n) is 6.97. The Bertz CT molecular complexity index is 413. The van der Waals surface area contributed by atoms with Crippen LogP contribution in [0.15, 0.2) is 24.3 Å². The first kappa shape index (κ1) is 14.0. The number of amides is 1. The SMILES string of the molecule is CCC(=O)N(CC1CCNCC1)c1ccc(F)cc1. The smallest absolute Gasteiger partial charge is 0.226 e. The molecule has 1 saturated heterocycles. The molecule has 1 amide bonds. The molecule has 1 aromatic rings. The van der Waals surface area contributed by atoms with Crippen LogP contribution < -0.4 is 10.2 Å². The summed E-state index contributed by atoms with van der Waals surface area (Å²) in [6.45, 7) is 4.63. The lowest BCUT2D eigenvalue weighted by Gasteiger charge is -2.30. The summed E-state index contributed by atoms with van der Waals surface area (Å²) in [4.78, 5) is 13.9. The molecule has 0 aliphatic carbocycles. The first-order valence-corrected chi connectivity index (χ1v) is 6.97. The van der Waals surface area contributed by atoms with Crippen molar-refractivity contribution in [2.45, 2.75) is 26.2 Å². The van der Waals surface area contributed by atoms with Crippen molar-refractivity contribution < 1.29 is 9.18 Å². The third kappa shape index (κ3) is 3.77. The van der Waals surface area contributed by atoms with Crippen molar-refractivity contribution in [3.63, 3.8) is 0 Å². The molecule has 1 fully saturated rings. The summed E-state index contributed by atoms with van der Waals surface area (Å²) in [6.07, 6.45) is 2.66. The topological polar surface area (TPSA) is 32.3 Å². The number of rotatable bonds is 4. The van der Waals surface area contributed by atoms with E-state index in [0.717, 1.165) is 38.2 Å². The Balaban J connectivity index is 2.10. The Morgan fingerprint density at radius 2 is 1.95 bits per heavy atom. The van der Waals surface area contributed by atoms with E-state index in [0.29, 0.717) is 12.3 Å². The summed E-state index contributed by atoms with van der Waals surface area (Å²) in [5.41, 5.74) is 0.798. The van der Waals surface area contributed by atoms with Gasteiger partial charge in [-0.15, -0.1) is 0 Å². The molecule has 1 aliphatic rings. The molecular formula is C15H21FN2O. The third-order valence-corrected chi connectivity index (χ3v) is 3.64. The van der Waals surface area contributed by atoms with Crippen molar-refractivity contribution in [2.75, 3.05) is 24.5 Å². The predicted octanol–water partition coefficient (Wildman–Crippen LogP) is 2.57. The molecule has 0 aromatic heterocycles. The third-order valence-electron chi connectivity index (χ3n) is 3.64. The zero-order valence-corrected chi connectivity index (χ0v) is 11.4. The normalized spacial score (nSPS) is 16.3. The van der Waals surface area contributed by atoms with Gasteiger partial charge in [-0.25, -0.2) is 4.39 Å². The van der Waals surface area contributed by atoms with Crippen LogP contribution in [0.1, 0.15) is 26.2 Å². The molecule has 3 nitrogen and oxygen atoms in total. The average Bonchev–Trinajstić information content (AvgIpc) is 2.46. The van der Waals surface area contributed by atoms with E-state index < -0.39 is 0 Å². The van der Waals surface area contributed by atoms with Gasteiger partial charge in [-0.1, -0.05) is 6.92 Å². The number of benzene rings is 1. The van der Waals surface area contributed by atoms with Gasteiger partial charge >= 0.3 is 0 Å². The second kappa shape index (κ2) is 6.66. The summed E-state index contributed by atoms with van der Waals surface area (Å²) in [7, 11) is 0. The van der Waals surface area contributed by atoms with Crippen LogP contribution in [0.25, 0.3) is 0 Å². The maximum atomic E-state index is 13.0. The van der Waals surface area contributed by atoms with Gasteiger partial charge in [-0.3, -0.25) is 4.79 Å². The second-order valence-electron chi connectivity index (χ2n) is 5.03. The molecule has 104 valence electrons. The van der Waals surface area contributed by atoms with Crippen LogP contribution in [0.2, 0.25) is 0 Å². The Hall–Kier alpha value is -1.42. The van der Waals surface area contributed by atoms with Gasteiger partial charge in [0, 0.05) is 18.7 Å². The zero-order valence-electron chi connectivity index (χ0n) is 11.4. The van der Waals surface area contributed by atoms with Gasteiger partial charge in [0.1, 0.15) is 5.82 Å². The van der Waals surface area contributed by atoms with E-state index in [1.54, 1.807) is 17.0 Å². The van der Waals surface area contributed by atoms with E-state index >= 15 is 0 Å². The molecule has 0 saturated carbocycles. The Kier molecular flexibility index (Phi) is 4.91. The zero-order chi connectivity index (χ0) is 13.7. The standard InChI is InChI=1S/C15H21FN2O/c1-2-15(19)18(11-12-7-9-17-10-8-12)14-5-3-13(16)4-6-14/h3-6,12,17H,2,7-11H2,1H3. The highest BCUT2D eigenvalue weighted by atomic mass is 19.1. The molecule has 1 aliphatic heterocycles. The highest BCUT2D eigenvalue weighted by Gasteiger charge is 2.21. The molecule has 4 heteroatoms. The number of anilines is 1. The van der Waals surface area contributed by atoms with Gasteiger partial charge in [0.05, 0.1) is 0 Å². The maximum absolute atomic E-state index is 13.0. The molecule has 0 atom stereocenters. The summed E-state index contributed by atoms with van der Waals surface area (Å²) < 4.78 is 13.0. The van der Waals surface area contributed by atoms with E-state index in [9.17, 15) is 9.18 Å².